The van der Waals surface area contributed by atoms with E-state index in [4.69, 9.17) is 21.1 Å². The number of halogens is 1. The lowest BCUT2D eigenvalue weighted by atomic mass is 9.84. The van der Waals surface area contributed by atoms with Gasteiger partial charge in [-0.2, -0.15) is 0 Å². The van der Waals surface area contributed by atoms with Crippen LogP contribution in [-0.4, -0.2) is 55.6 Å². The van der Waals surface area contributed by atoms with Crippen molar-refractivity contribution in [2.24, 2.45) is 5.92 Å². The van der Waals surface area contributed by atoms with Gasteiger partial charge in [-0.1, -0.05) is 0 Å². The molecule has 110 valence electrons. The summed E-state index contributed by atoms with van der Waals surface area (Å²) in [5, 5.41) is 3.30. The molecular formula is C14H25ClN2O2. The summed E-state index contributed by atoms with van der Waals surface area (Å²) in [5.74, 6) is 0.747. The lowest BCUT2D eigenvalue weighted by Crippen LogP contribution is -2.46. The van der Waals surface area contributed by atoms with Gasteiger partial charge < -0.3 is 19.7 Å². The lowest BCUT2D eigenvalue weighted by molar-refractivity contribution is 0.0376. The van der Waals surface area contributed by atoms with Crippen LogP contribution in [0.3, 0.4) is 0 Å². The Bertz CT molecular complexity index is 305. The molecule has 1 saturated carbocycles. The topological polar surface area (TPSA) is 33.7 Å². The highest BCUT2D eigenvalue weighted by Crippen LogP contribution is 2.33. The zero-order valence-corrected chi connectivity index (χ0v) is 12.4. The van der Waals surface area contributed by atoms with Crippen LogP contribution >= 0.6 is 11.6 Å². The number of ether oxygens (including phenoxy) is 2. The summed E-state index contributed by atoms with van der Waals surface area (Å²) >= 11 is 6.20. The molecule has 5 unspecified atom stereocenters. The molecule has 2 saturated heterocycles. The second-order valence-corrected chi connectivity index (χ2v) is 6.77. The monoisotopic (exact) mass is 288 g/mol. The Morgan fingerprint density at radius 1 is 1.16 bits per heavy atom. The second-order valence-electron chi connectivity index (χ2n) is 6.25. The number of alkyl halides is 1. The number of fused-ring (bicyclic) bond motifs is 1. The van der Waals surface area contributed by atoms with Gasteiger partial charge in [-0.25, -0.2) is 0 Å². The van der Waals surface area contributed by atoms with Crippen LogP contribution < -0.4 is 5.32 Å². The van der Waals surface area contributed by atoms with Gasteiger partial charge in [0.05, 0.1) is 17.7 Å². The normalized spacial score (nSPS) is 43.4. The first-order valence-corrected chi connectivity index (χ1v) is 7.97. The largest absolute Gasteiger partial charge is 0.349 e. The molecule has 0 spiro atoms. The Morgan fingerprint density at radius 2 is 2.00 bits per heavy atom. The molecule has 0 amide bonds. The third-order valence-electron chi connectivity index (χ3n) is 4.90. The van der Waals surface area contributed by atoms with Crippen LogP contribution in [0, 0.1) is 5.92 Å². The molecule has 4 nitrogen and oxygen atoms in total. The number of nitrogens with one attached hydrogen (secondary N) is 1. The Labute approximate surface area is 120 Å². The maximum absolute atomic E-state index is 6.20. The van der Waals surface area contributed by atoms with Gasteiger partial charge in [0.25, 0.3) is 0 Å². The van der Waals surface area contributed by atoms with E-state index in [1.54, 1.807) is 0 Å². The number of hydrogen-bond acceptors (Lipinski definition) is 4. The van der Waals surface area contributed by atoms with Crippen molar-refractivity contribution < 1.29 is 9.47 Å². The van der Waals surface area contributed by atoms with Gasteiger partial charge in [0.15, 0.2) is 0 Å². The van der Waals surface area contributed by atoms with Crippen molar-refractivity contribution in [3.05, 3.63) is 0 Å². The molecule has 0 aromatic heterocycles. The fourth-order valence-corrected chi connectivity index (χ4v) is 4.05. The molecule has 3 fully saturated rings. The molecule has 0 bridgehead atoms. The summed E-state index contributed by atoms with van der Waals surface area (Å²) in [6.07, 6.45) is 6.56. The molecule has 3 aliphatic rings. The van der Waals surface area contributed by atoms with Crippen molar-refractivity contribution >= 4 is 11.6 Å². The minimum absolute atomic E-state index is 0.142. The number of hydrogen-bond donors (Lipinski definition) is 1. The molecule has 0 aromatic rings. The van der Waals surface area contributed by atoms with Crippen LogP contribution in [0.2, 0.25) is 0 Å². The summed E-state index contributed by atoms with van der Waals surface area (Å²) in [4.78, 5) is 2.51. The highest BCUT2D eigenvalue weighted by atomic mass is 35.5. The summed E-state index contributed by atoms with van der Waals surface area (Å²) in [6.45, 7) is 2.70. The van der Waals surface area contributed by atoms with Gasteiger partial charge >= 0.3 is 0 Å². The summed E-state index contributed by atoms with van der Waals surface area (Å²) < 4.78 is 11.2. The van der Waals surface area contributed by atoms with Crippen molar-refractivity contribution in [1.82, 2.24) is 10.2 Å². The van der Waals surface area contributed by atoms with Crippen LogP contribution in [0.25, 0.3) is 0 Å². The maximum Gasteiger partial charge on any atom is 0.147 e. The SMILES string of the molecule is CN(CC1CCC2OCOC2C1)C1CCNC(Cl)C1. The van der Waals surface area contributed by atoms with E-state index >= 15 is 0 Å². The smallest absolute Gasteiger partial charge is 0.147 e. The number of rotatable bonds is 3. The summed E-state index contributed by atoms with van der Waals surface area (Å²) in [5.41, 5.74) is 0.142. The summed E-state index contributed by atoms with van der Waals surface area (Å²) in [7, 11) is 2.25. The molecule has 0 radical (unpaired) electrons. The molecule has 1 N–H and O–H groups in total. The molecule has 2 heterocycles. The van der Waals surface area contributed by atoms with E-state index in [1.807, 2.05) is 0 Å². The van der Waals surface area contributed by atoms with Crippen molar-refractivity contribution in [3.63, 3.8) is 0 Å². The van der Waals surface area contributed by atoms with E-state index in [9.17, 15) is 0 Å². The molecule has 5 heteroatoms. The average molecular weight is 289 g/mol. The van der Waals surface area contributed by atoms with Crippen molar-refractivity contribution in [2.75, 3.05) is 26.9 Å². The quantitative estimate of drug-likeness (QED) is 0.634. The first kappa shape index (κ1) is 14.1. The third kappa shape index (κ3) is 3.42. The first-order valence-electron chi connectivity index (χ1n) is 7.53. The standard InChI is InChI=1S/C14H25ClN2O2/c1-17(11-4-5-16-14(15)7-11)8-10-2-3-12-13(6-10)19-9-18-12/h10-14,16H,2-9H2,1H3. The van der Waals surface area contributed by atoms with Gasteiger partial charge in [-0.05, 0) is 51.6 Å². The minimum atomic E-state index is 0.142. The van der Waals surface area contributed by atoms with Crippen molar-refractivity contribution in [1.29, 1.82) is 0 Å². The zero-order chi connectivity index (χ0) is 13.2. The molecule has 0 aromatic carbocycles. The fraction of sp³-hybridized carbons (Fsp3) is 1.00. The Morgan fingerprint density at radius 3 is 2.84 bits per heavy atom. The second kappa shape index (κ2) is 6.27. The molecular weight excluding hydrogens is 264 g/mol. The van der Waals surface area contributed by atoms with Crippen LogP contribution in [0.4, 0.5) is 0 Å². The predicted molar refractivity (Wildman–Crippen MR) is 75.2 cm³/mol. The maximum atomic E-state index is 6.20. The Kier molecular flexibility index (Phi) is 4.65. The third-order valence-corrected chi connectivity index (χ3v) is 5.23. The van der Waals surface area contributed by atoms with Gasteiger partial charge in [0.1, 0.15) is 6.79 Å². The van der Waals surface area contributed by atoms with Crippen LogP contribution in [0.1, 0.15) is 32.1 Å². The van der Waals surface area contributed by atoms with E-state index < -0.39 is 0 Å². The Hall–Kier alpha value is 0.130. The van der Waals surface area contributed by atoms with E-state index in [0.717, 1.165) is 31.7 Å². The molecule has 5 atom stereocenters. The van der Waals surface area contributed by atoms with Gasteiger partial charge in [0, 0.05) is 12.6 Å². The minimum Gasteiger partial charge on any atom is -0.349 e. The van der Waals surface area contributed by atoms with Crippen molar-refractivity contribution in [3.8, 4) is 0 Å². The first-order chi connectivity index (χ1) is 9.22. The van der Waals surface area contributed by atoms with Crippen LogP contribution in [0.15, 0.2) is 0 Å². The Balaban J connectivity index is 1.47. The van der Waals surface area contributed by atoms with E-state index in [1.165, 1.54) is 19.4 Å². The predicted octanol–water partition coefficient (Wildman–Crippen LogP) is 1.78. The molecule has 19 heavy (non-hydrogen) atoms. The molecule has 1 aliphatic carbocycles. The van der Waals surface area contributed by atoms with E-state index in [2.05, 4.69) is 17.3 Å². The van der Waals surface area contributed by atoms with E-state index in [-0.39, 0.29) is 5.50 Å². The average Bonchev–Trinajstić information content (AvgIpc) is 2.86. The van der Waals surface area contributed by atoms with E-state index in [0.29, 0.717) is 25.0 Å². The van der Waals surface area contributed by atoms with Crippen LogP contribution in [0.5, 0.6) is 0 Å². The van der Waals surface area contributed by atoms with Gasteiger partial charge in [-0.15, -0.1) is 11.6 Å². The fourth-order valence-electron chi connectivity index (χ4n) is 3.73. The highest BCUT2D eigenvalue weighted by Gasteiger charge is 2.36. The van der Waals surface area contributed by atoms with Gasteiger partial charge in [0.2, 0.25) is 0 Å². The molecule has 3 rings (SSSR count). The molecule has 2 aliphatic heterocycles. The zero-order valence-electron chi connectivity index (χ0n) is 11.7. The van der Waals surface area contributed by atoms with Crippen molar-refractivity contribution in [2.45, 2.75) is 55.9 Å². The number of piperidine rings is 1. The van der Waals surface area contributed by atoms with Crippen LogP contribution in [-0.2, 0) is 9.47 Å². The van der Waals surface area contributed by atoms with Gasteiger partial charge in [-0.3, -0.25) is 0 Å². The highest BCUT2D eigenvalue weighted by molar-refractivity contribution is 6.20. The number of nitrogens with zero attached hydrogens (tertiary/aromatic N) is 1. The lowest BCUT2D eigenvalue weighted by Gasteiger charge is -2.38. The summed E-state index contributed by atoms with van der Waals surface area (Å²) in [6, 6.07) is 0.627.